The first-order valence-electron chi connectivity index (χ1n) is 8.51. The molecule has 134 valence electrons. The zero-order chi connectivity index (χ0) is 17.6. The van der Waals surface area contributed by atoms with Crippen molar-refractivity contribution in [3.63, 3.8) is 0 Å². The summed E-state index contributed by atoms with van der Waals surface area (Å²) in [5.74, 6) is 0. The topological polar surface area (TPSA) is 53.7 Å². The van der Waals surface area contributed by atoms with Gasteiger partial charge in [-0.25, -0.2) is 4.39 Å². The van der Waals surface area contributed by atoms with Crippen LogP contribution in [0.5, 0.6) is 0 Å². The Bertz CT molecular complexity index is 640. The van der Waals surface area contributed by atoms with E-state index in [1.54, 1.807) is 0 Å². The second-order valence-electron chi connectivity index (χ2n) is 6.29. The smallest absolute Gasteiger partial charge is 0.192 e. The first kappa shape index (κ1) is 18.0. The van der Waals surface area contributed by atoms with Crippen molar-refractivity contribution in [1.82, 2.24) is 0 Å². The summed E-state index contributed by atoms with van der Waals surface area (Å²) in [6, 6.07) is 18.7. The summed E-state index contributed by atoms with van der Waals surface area (Å²) >= 11 is 0. The van der Waals surface area contributed by atoms with Crippen LogP contribution >= 0.6 is 0 Å². The van der Waals surface area contributed by atoms with Crippen LogP contribution in [-0.4, -0.2) is 30.7 Å². The molecule has 0 saturated carbocycles. The van der Waals surface area contributed by atoms with Crippen LogP contribution in [0.25, 0.3) is 0 Å². The van der Waals surface area contributed by atoms with Crippen LogP contribution in [0.15, 0.2) is 60.7 Å². The molecule has 1 saturated heterocycles. The maximum atomic E-state index is 14.9. The average Bonchev–Trinajstić information content (AvgIpc) is 2.65. The third kappa shape index (κ3) is 4.64. The van der Waals surface area contributed by atoms with E-state index in [0.29, 0.717) is 6.61 Å². The molecule has 2 aromatic carbocycles. The molecule has 1 aliphatic heterocycles. The quantitative estimate of drug-likeness (QED) is 0.873. The molecular formula is C20H24FNO3. The first-order valence-corrected chi connectivity index (χ1v) is 8.51. The van der Waals surface area contributed by atoms with E-state index < -0.39 is 24.6 Å². The number of hydrogen-bond donors (Lipinski definition) is 1. The van der Waals surface area contributed by atoms with E-state index in [0.717, 1.165) is 11.1 Å². The van der Waals surface area contributed by atoms with E-state index in [2.05, 4.69) is 0 Å². The van der Waals surface area contributed by atoms with Gasteiger partial charge in [0.1, 0.15) is 6.10 Å². The molecule has 5 heteroatoms. The summed E-state index contributed by atoms with van der Waals surface area (Å²) in [5.41, 5.74) is 8.04. The Morgan fingerprint density at radius 1 is 0.920 bits per heavy atom. The molecule has 1 fully saturated rings. The van der Waals surface area contributed by atoms with Gasteiger partial charge in [0.15, 0.2) is 12.5 Å². The number of alkyl halides is 1. The second kappa shape index (κ2) is 8.54. The maximum absolute atomic E-state index is 14.9. The van der Waals surface area contributed by atoms with E-state index in [1.807, 2.05) is 67.6 Å². The van der Waals surface area contributed by atoms with Crippen molar-refractivity contribution in [1.29, 1.82) is 0 Å². The number of nitrogens with two attached hydrogens (primary N) is 1. The molecule has 2 aromatic rings. The summed E-state index contributed by atoms with van der Waals surface area (Å²) in [6.45, 7) is 2.39. The highest BCUT2D eigenvalue weighted by Crippen LogP contribution is 2.27. The zero-order valence-electron chi connectivity index (χ0n) is 14.3. The fourth-order valence-corrected chi connectivity index (χ4v) is 2.87. The van der Waals surface area contributed by atoms with Crippen molar-refractivity contribution >= 4 is 0 Å². The molecule has 0 radical (unpaired) electrons. The Hall–Kier alpha value is -1.79. The molecule has 4 nitrogen and oxygen atoms in total. The summed E-state index contributed by atoms with van der Waals surface area (Å²) in [7, 11) is 0. The molecule has 1 heterocycles. The van der Waals surface area contributed by atoms with Crippen LogP contribution in [0.2, 0.25) is 0 Å². The lowest BCUT2D eigenvalue weighted by Crippen LogP contribution is -2.60. The monoisotopic (exact) mass is 345 g/mol. The molecule has 5 atom stereocenters. The summed E-state index contributed by atoms with van der Waals surface area (Å²) in [5, 5.41) is 0. The molecule has 0 aromatic heterocycles. The van der Waals surface area contributed by atoms with Gasteiger partial charge in [0.2, 0.25) is 0 Å². The molecule has 2 N–H and O–H groups in total. The van der Waals surface area contributed by atoms with E-state index in [1.165, 1.54) is 0 Å². The number of benzene rings is 2. The molecule has 0 amide bonds. The van der Waals surface area contributed by atoms with Gasteiger partial charge < -0.3 is 19.9 Å². The largest absolute Gasteiger partial charge is 0.369 e. The molecular weight excluding hydrogens is 321 g/mol. The number of ether oxygens (including phenoxy) is 3. The molecule has 0 unspecified atom stereocenters. The van der Waals surface area contributed by atoms with Crippen LogP contribution in [0.4, 0.5) is 4.39 Å². The highest BCUT2D eigenvalue weighted by Gasteiger charge is 2.44. The van der Waals surface area contributed by atoms with Crippen LogP contribution in [0.3, 0.4) is 0 Å². The predicted molar refractivity (Wildman–Crippen MR) is 93.5 cm³/mol. The van der Waals surface area contributed by atoms with Crippen molar-refractivity contribution in [2.24, 2.45) is 5.73 Å². The van der Waals surface area contributed by atoms with Crippen LogP contribution < -0.4 is 5.73 Å². The normalized spacial score (nSPS) is 29.5. The maximum Gasteiger partial charge on any atom is 0.192 e. The van der Waals surface area contributed by atoms with E-state index in [-0.39, 0.29) is 12.7 Å². The van der Waals surface area contributed by atoms with E-state index in [9.17, 15) is 4.39 Å². The van der Waals surface area contributed by atoms with Crippen molar-refractivity contribution in [3.8, 4) is 0 Å². The van der Waals surface area contributed by atoms with Gasteiger partial charge in [-0.05, 0) is 18.1 Å². The van der Waals surface area contributed by atoms with Gasteiger partial charge in [-0.15, -0.1) is 0 Å². The van der Waals surface area contributed by atoms with Gasteiger partial charge in [0.25, 0.3) is 0 Å². The Balaban J connectivity index is 1.61. The SMILES string of the molecule is C[C@@H]1O[C@H](OCc2ccccc2)[C@H](F)[C@H](OCc2ccccc2)[C@@H]1N. The van der Waals surface area contributed by atoms with Crippen molar-refractivity contribution < 1.29 is 18.6 Å². The van der Waals surface area contributed by atoms with Crippen LogP contribution in [-0.2, 0) is 27.4 Å². The van der Waals surface area contributed by atoms with Crippen molar-refractivity contribution in [2.45, 2.75) is 50.8 Å². The third-order valence-electron chi connectivity index (χ3n) is 4.39. The van der Waals surface area contributed by atoms with E-state index in [4.69, 9.17) is 19.9 Å². The Morgan fingerprint density at radius 3 is 2.00 bits per heavy atom. The zero-order valence-corrected chi connectivity index (χ0v) is 14.3. The average molecular weight is 345 g/mol. The fourth-order valence-electron chi connectivity index (χ4n) is 2.87. The summed E-state index contributed by atoms with van der Waals surface area (Å²) in [4.78, 5) is 0. The highest BCUT2D eigenvalue weighted by atomic mass is 19.1. The molecule has 0 spiro atoms. The predicted octanol–water partition coefficient (Wildman–Crippen LogP) is 3.20. The van der Waals surface area contributed by atoms with Gasteiger partial charge in [-0.1, -0.05) is 60.7 Å². The summed E-state index contributed by atoms with van der Waals surface area (Å²) in [6.07, 6.45) is -3.56. The lowest BCUT2D eigenvalue weighted by Gasteiger charge is -2.40. The fraction of sp³-hybridized carbons (Fsp3) is 0.400. The minimum atomic E-state index is -1.45. The van der Waals surface area contributed by atoms with Crippen LogP contribution in [0.1, 0.15) is 18.1 Å². The number of hydrogen-bond acceptors (Lipinski definition) is 4. The molecule has 3 rings (SSSR count). The minimum absolute atomic E-state index is 0.277. The van der Waals surface area contributed by atoms with Gasteiger partial charge in [-0.2, -0.15) is 0 Å². The van der Waals surface area contributed by atoms with Gasteiger partial charge in [0.05, 0.1) is 25.4 Å². The lowest BCUT2D eigenvalue weighted by molar-refractivity contribution is -0.264. The Kier molecular flexibility index (Phi) is 6.15. The highest BCUT2D eigenvalue weighted by molar-refractivity contribution is 5.14. The standard InChI is InChI=1S/C20H24FNO3/c1-14-18(22)19(23-12-15-8-4-2-5-9-15)17(21)20(25-14)24-13-16-10-6-3-7-11-16/h2-11,14,17-20H,12-13,22H2,1H3/t14-,17+,18+,19-,20-/m0/s1. The Morgan fingerprint density at radius 2 is 1.44 bits per heavy atom. The first-order chi connectivity index (χ1) is 12.1. The molecule has 25 heavy (non-hydrogen) atoms. The molecule has 1 aliphatic rings. The third-order valence-corrected chi connectivity index (χ3v) is 4.39. The minimum Gasteiger partial charge on any atom is -0.369 e. The van der Waals surface area contributed by atoms with E-state index >= 15 is 0 Å². The van der Waals surface area contributed by atoms with Crippen LogP contribution in [0, 0.1) is 0 Å². The Labute approximate surface area is 147 Å². The summed E-state index contributed by atoms with van der Waals surface area (Å²) < 4.78 is 31.9. The van der Waals surface area contributed by atoms with Crippen molar-refractivity contribution in [3.05, 3.63) is 71.8 Å². The second-order valence-corrected chi connectivity index (χ2v) is 6.29. The number of halogens is 1. The van der Waals surface area contributed by atoms with Crippen molar-refractivity contribution in [2.75, 3.05) is 0 Å². The number of rotatable bonds is 6. The van der Waals surface area contributed by atoms with Gasteiger partial charge in [0, 0.05) is 0 Å². The van der Waals surface area contributed by atoms with Gasteiger partial charge in [-0.3, -0.25) is 0 Å². The van der Waals surface area contributed by atoms with Gasteiger partial charge >= 0.3 is 0 Å². The lowest BCUT2D eigenvalue weighted by atomic mass is 9.98. The molecule has 0 aliphatic carbocycles. The molecule has 0 bridgehead atoms.